The van der Waals surface area contributed by atoms with Crippen LogP contribution in [0.4, 0.5) is 8.78 Å². The third-order valence-electron chi connectivity index (χ3n) is 6.67. The van der Waals surface area contributed by atoms with E-state index in [1.165, 1.54) is 31.7 Å². The van der Waals surface area contributed by atoms with Crippen molar-refractivity contribution < 1.29 is 18.4 Å². The predicted molar refractivity (Wildman–Crippen MR) is 98.7 cm³/mol. The second kappa shape index (κ2) is 7.95. The van der Waals surface area contributed by atoms with Crippen molar-refractivity contribution in [2.24, 2.45) is 10.8 Å². The molecule has 0 aromatic heterocycles. The Kier molecular flexibility index (Phi) is 5.82. The van der Waals surface area contributed by atoms with Gasteiger partial charge in [-0.1, -0.05) is 32.3 Å². The van der Waals surface area contributed by atoms with Crippen molar-refractivity contribution in [3.05, 3.63) is 35.4 Å². The first-order valence-electron chi connectivity index (χ1n) is 9.96. The van der Waals surface area contributed by atoms with Crippen LogP contribution in [0.2, 0.25) is 0 Å². The lowest BCUT2D eigenvalue weighted by atomic mass is 9.52. The molecule has 2 amide bonds. The minimum absolute atomic E-state index is 0.241. The van der Waals surface area contributed by atoms with Crippen LogP contribution in [-0.2, 0) is 4.79 Å². The average molecular weight is 378 g/mol. The molecule has 2 bridgehead atoms. The van der Waals surface area contributed by atoms with Crippen LogP contribution in [0.5, 0.6) is 0 Å². The molecule has 2 N–H and O–H groups in total. The summed E-state index contributed by atoms with van der Waals surface area (Å²) in [6.07, 6.45) is 10.5. The number of unbranched alkanes of at least 4 members (excludes halogenated alkanes) is 2. The highest BCUT2D eigenvalue weighted by Gasteiger charge is 2.51. The minimum atomic E-state index is -0.976. The lowest BCUT2D eigenvalue weighted by Crippen LogP contribution is -2.54. The zero-order valence-corrected chi connectivity index (χ0v) is 15.9. The van der Waals surface area contributed by atoms with Gasteiger partial charge in [0.2, 0.25) is 5.91 Å². The Morgan fingerprint density at radius 3 is 2.11 bits per heavy atom. The SMILES string of the molecule is CCCCCC12CCC(C(=O)NNC(=O)c3c(F)cccc3F)(CC1)CC2. The van der Waals surface area contributed by atoms with E-state index in [2.05, 4.69) is 17.8 Å². The van der Waals surface area contributed by atoms with Crippen molar-refractivity contribution in [3.8, 4) is 0 Å². The van der Waals surface area contributed by atoms with Crippen molar-refractivity contribution in [2.75, 3.05) is 0 Å². The molecule has 148 valence electrons. The molecule has 3 aliphatic rings. The highest BCUT2D eigenvalue weighted by Crippen LogP contribution is 2.58. The van der Waals surface area contributed by atoms with E-state index >= 15 is 0 Å². The number of fused-ring (bicyclic) bond motifs is 3. The van der Waals surface area contributed by atoms with E-state index in [1.54, 1.807) is 0 Å². The van der Waals surface area contributed by atoms with Crippen molar-refractivity contribution in [1.29, 1.82) is 0 Å². The number of carbonyl (C=O) groups is 2. The standard InChI is InChI=1S/C21H28F2N2O2/c1-2-3-4-8-20-9-12-21(13-10-20,14-11-20)19(27)25-24-18(26)17-15(22)6-5-7-16(17)23/h5-7H,2-4,8-14H2,1H3,(H,24,26)(H,25,27). The van der Waals surface area contributed by atoms with Gasteiger partial charge in [0.05, 0.1) is 5.41 Å². The molecule has 3 saturated carbocycles. The molecule has 6 heteroatoms. The first-order chi connectivity index (χ1) is 12.9. The maximum absolute atomic E-state index is 13.7. The fourth-order valence-electron chi connectivity index (χ4n) is 4.75. The molecule has 0 radical (unpaired) electrons. The minimum Gasteiger partial charge on any atom is -0.273 e. The van der Waals surface area contributed by atoms with Crippen molar-refractivity contribution in [2.45, 2.75) is 71.1 Å². The third kappa shape index (κ3) is 3.99. The molecule has 0 unspecified atom stereocenters. The second-order valence-electron chi connectivity index (χ2n) is 8.24. The summed E-state index contributed by atoms with van der Waals surface area (Å²) >= 11 is 0. The van der Waals surface area contributed by atoms with Crippen LogP contribution in [0.15, 0.2) is 18.2 Å². The normalized spacial score (nSPS) is 26.6. The molecule has 0 heterocycles. The fraction of sp³-hybridized carbons (Fsp3) is 0.619. The zero-order valence-electron chi connectivity index (χ0n) is 15.9. The number of carbonyl (C=O) groups excluding carboxylic acids is 2. The first-order valence-corrected chi connectivity index (χ1v) is 9.96. The van der Waals surface area contributed by atoms with Gasteiger partial charge in [-0.3, -0.25) is 20.4 Å². The number of hydrazine groups is 1. The molecular formula is C21H28F2N2O2. The molecule has 1 aromatic carbocycles. The van der Waals surface area contributed by atoms with Crippen LogP contribution in [0.1, 0.15) is 81.5 Å². The lowest BCUT2D eigenvalue weighted by molar-refractivity contribution is -0.141. The number of halogens is 2. The summed E-state index contributed by atoms with van der Waals surface area (Å²) in [5.41, 5.74) is 3.84. The van der Waals surface area contributed by atoms with Crippen molar-refractivity contribution in [1.82, 2.24) is 10.9 Å². The Labute approximate surface area is 159 Å². The zero-order chi connectivity index (χ0) is 19.5. The third-order valence-corrected chi connectivity index (χ3v) is 6.67. The summed E-state index contributed by atoms with van der Waals surface area (Å²) in [5.74, 6) is -3.12. The smallest absolute Gasteiger partial charge is 0.273 e. The number of rotatable bonds is 6. The van der Waals surface area contributed by atoms with Gasteiger partial charge in [0.15, 0.2) is 0 Å². The molecule has 0 spiro atoms. The fourth-order valence-corrected chi connectivity index (χ4v) is 4.75. The molecule has 0 atom stereocenters. The lowest BCUT2D eigenvalue weighted by Gasteiger charge is -2.52. The summed E-state index contributed by atoms with van der Waals surface area (Å²) in [6, 6.07) is 3.22. The first kappa shape index (κ1) is 19.8. The summed E-state index contributed by atoms with van der Waals surface area (Å²) in [6.45, 7) is 2.20. The number of amides is 2. The van der Waals surface area contributed by atoms with Gasteiger partial charge in [-0.2, -0.15) is 0 Å². The Hall–Kier alpha value is -1.98. The molecule has 27 heavy (non-hydrogen) atoms. The van der Waals surface area contributed by atoms with Gasteiger partial charge in [-0.25, -0.2) is 8.78 Å². The van der Waals surface area contributed by atoms with Gasteiger partial charge in [0.25, 0.3) is 5.91 Å². The Bertz CT molecular complexity index is 675. The number of hydrogen-bond donors (Lipinski definition) is 2. The van der Waals surface area contributed by atoms with E-state index in [0.29, 0.717) is 5.41 Å². The second-order valence-corrected chi connectivity index (χ2v) is 8.24. The van der Waals surface area contributed by atoms with Gasteiger partial charge in [0.1, 0.15) is 17.2 Å². The van der Waals surface area contributed by atoms with E-state index < -0.39 is 28.5 Å². The van der Waals surface area contributed by atoms with Crippen molar-refractivity contribution >= 4 is 11.8 Å². The van der Waals surface area contributed by atoms with Crippen LogP contribution >= 0.6 is 0 Å². The summed E-state index contributed by atoms with van der Waals surface area (Å²) in [7, 11) is 0. The molecule has 3 aliphatic carbocycles. The number of benzene rings is 1. The quantitative estimate of drug-likeness (QED) is 0.559. The Morgan fingerprint density at radius 2 is 1.56 bits per heavy atom. The summed E-state index contributed by atoms with van der Waals surface area (Å²) in [5, 5.41) is 0. The van der Waals surface area contributed by atoms with E-state index in [9.17, 15) is 18.4 Å². The van der Waals surface area contributed by atoms with Gasteiger partial charge < -0.3 is 0 Å². The van der Waals surface area contributed by atoms with Crippen molar-refractivity contribution in [3.63, 3.8) is 0 Å². The van der Waals surface area contributed by atoms with Gasteiger partial charge in [0, 0.05) is 0 Å². The van der Waals surface area contributed by atoms with Gasteiger partial charge in [-0.05, 0) is 62.5 Å². The largest absolute Gasteiger partial charge is 0.275 e. The van der Waals surface area contributed by atoms with Crippen LogP contribution in [-0.4, -0.2) is 11.8 Å². The van der Waals surface area contributed by atoms with E-state index in [-0.39, 0.29) is 5.91 Å². The molecule has 0 aliphatic heterocycles. The topological polar surface area (TPSA) is 58.2 Å². The predicted octanol–water partition coefficient (Wildman–Crippen LogP) is 4.65. The molecule has 1 aromatic rings. The van der Waals surface area contributed by atoms with E-state index in [4.69, 9.17) is 0 Å². The van der Waals surface area contributed by atoms with E-state index in [0.717, 1.165) is 50.7 Å². The summed E-state index contributed by atoms with van der Waals surface area (Å²) < 4.78 is 27.4. The van der Waals surface area contributed by atoms with Crippen LogP contribution in [0.25, 0.3) is 0 Å². The number of hydrogen-bond acceptors (Lipinski definition) is 2. The van der Waals surface area contributed by atoms with Crippen LogP contribution in [0, 0.1) is 22.5 Å². The van der Waals surface area contributed by atoms with Gasteiger partial charge >= 0.3 is 0 Å². The molecular weight excluding hydrogens is 350 g/mol. The Morgan fingerprint density at radius 1 is 0.963 bits per heavy atom. The maximum Gasteiger partial charge on any atom is 0.275 e. The van der Waals surface area contributed by atoms with Gasteiger partial charge in [-0.15, -0.1) is 0 Å². The molecule has 3 fully saturated rings. The van der Waals surface area contributed by atoms with E-state index in [1.807, 2.05) is 0 Å². The highest BCUT2D eigenvalue weighted by molar-refractivity contribution is 5.96. The van der Waals surface area contributed by atoms with Crippen LogP contribution < -0.4 is 10.9 Å². The highest BCUT2D eigenvalue weighted by atomic mass is 19.1. The maximum atomic E-state index is 13.7. The molecule has 0 saturated heterocycles. The average Bonchev–Trinajstić information content (AvgIpc) is 2.67. The molecule has 4 nitrogen and oxygen atoms in total. The monoisotopic (exact) mass is 378 g/mol. The number of nitrogens with one attached hydrogen (secondary N) is 2. The summed E-state index contributed by atoms with van der Waals surface area (Å²) in [4.78, 5) is 24.8. The van der Waals surface area contributed by atoms with Crippen LogP contribution in [0.3, 0.4) is 0 Å². The Balaban J connectivity index is 1.56. The molecule has 4 rings (SSSR count).